The monoisotopic (exact) mass is 332 g/mol. The number of methoxy groups -OCH3 is 1. The molecule has 2 N–H and O–H groups in total. The lowest BCUT2D eigenvalue weighted by Gasteiger charge is -2.23. The zero-order valence-electron chi connectivity index (χ0n) is 14.0. The summed E-state index contributed by atoms with van der Waals surface area (Å²) in [6.07, 6.45) is 3.42. The van der Waals surface area contributed by atoms with Crippen LogP contribution in [0.3, 0.4) is 0 Å². The predicted molar refractivity (Wildman–Crippen MR) is 89.8 cm³/mol. The average molecular weight is 332 g/mol. The number of carbonyl (C=O) groups excluding carboxylic acids is 2. The first-order valence-corrected chi connectivity index (χ1v) is 8.44. The summed E-state index contributed by atoms with van der Waals surface area (Å²) >= 11 is 0. The maximum atomic E-state index is 12.4. The molecule has 24 heavy (non-hydrogen) atoms. The summed E-state index contributed by atoms with van der Waals surface area (Å²) in [5, 5.41) is 6.35. The molecule has 3 rings (SSSR count). The molecule has 130 valence electrons. The van der Waals surface area contributed by atoms with Gasteiger partial charge in [0.1, 0.15) is 5.75 Å². The molecule has 1 unspecified atom stereocenters. The lowest BCUT2D eigenvalue weighted by atomic mass is 9.92. The van der Waals surface area contributed by atoms with Crippen LogP contribution in [0.15, 0.2) is 24.3 Å². The average Bonchev–Trinajstić information content (AvgIpc) is 3.30. The molecule has 2 fully saturated rings. The third-order valence-corrected chi connectivity index (χ3v) is 5.03. The van der Waals surface area contributed by atoms with Gasteiger partial charge >= 0.3 is 5.97 Å². The van der Waals surface area contributed by atoms with Crippen molar-refractivity contribution >= 4 is 17.6 Å². The van der Waals surface area contributed by atoms with Crippen LogP contribution in [0, 0.1) is 11.3 Å². The van der Waals surface area contributed by atoms with E-state index in [1.165, 1.54) is 7.11 Å². The number of anilines is 1. The second-order valence-electron chi connectivity index (χ2n) is 6.56. The Hall–Kier alpha value is -2.08. The Bertz CT molecular complexity index is 594. The van der Waals surface area contributed by atoms with E-state index in [1.54, 1.807) is 12.1 Å². The molecular formula is C18H24N2O4. The van der Waals surface area contributed by atoms with E-state index in [0.29, 0.717) is 5.75 Å². The second kappa shape index (κ2) is 7.21. The summed E-state index contributed by atoms with van der Waals surface area (Å²) in [6.45, 7) is 2.31. The number of benzene rings is 1. The number of nitrogens with one attached hydrogen (secondary N) is 2. The largest absolute Gasteiger partial charge is 0.493 e. The number of esters is 1. The molecule has 6 heteroatoms. The molecule has 1 amide bonds. The second-order valence-corrected chi connectivity index (χ2v) is 6.56. The van der Waals surface area contributed by atoms with Gasteiger partial charge in [-0.25, -0.2) is 0 Å². The molecule has 1 atom stereocenters. The van der Waals surface area contributed by atoms with Crippen molar-refractivity contribution in [2.24, 2.45) is 11.3 Å². The number of piperidine rings is 1. The first-order chi connectivity index (χ1) is 11.6. The fourth-order valence-electron chi connectivity index (χ4n) is 3.41. The molecular weight excluding hydrogens is 308 g/mol. The maximum absolute atomic E-state index is 12.4. The van der Waals surface area contributed by atoms with Gasteiger partial charge < -0.3 is 20.1 Å². The fourth-order valence-corrected chi connectivity index (χ4v) is 3.41. The highest BCUT2D eigenvalue weighted by molar-refractivity contribution is 5.95. The summed E-state index contributed by atoms with van der Waals surface area (Å²) in [5.74, 6) is 0.639. The number of rotatable bonds is 6. The fraction of sp³-hybridized carbons (Fsp3) is 0.556. The molecule has 1 aromatic carbocycles. The lowest BCUT2D eigenvalue weighted by Crippen LogP contribution is -2.31. The normalized spacial score (nSPS) is 21.1. The van der Waals surface area contributed by atoms with Crippen molar-refractivity contribution in [3.05, 3.63) is 24.3 Å². The summed E-state index contributed by atoms with van der Waals surface area (Å²) in [6, 6.07) is 7.23. The van der Waals surface area contributed by atoms with Gasteiger partial charge in [0.15, 0.2) is 0 Å². The van der Waals surface area contributed by atoms with E-state index in [1.807, 2.05) is 12.1 Å². The minimum Gasteiger partial charge on any atom is -0.493 e. The predicted octanol–water partition coefficient (Wildman–Crippen LogP) is 1.96. The van der Waals surface area contributed by atoms with Crippen molar-refractivity contribution in [1.29, 1.82) is 0 Å². The minimum absolute atomic E-state index is 0.122. The van der Waals surface area contributed by atoms with Gasteiger partial charge in [-0.1, -0.05) is 0 Å². The van der Waals surface area contributed by atoms with E-state index >= 15 is 0 Å². The van der Waals surface area contributed by atoms with Gasteiger partial charge in [0.25, 0.3) is 0 Å². The molecule has 1 spiro atoms. The lowest BCUT2D eigenvalue weighted by molar-refractivity contribution is -0.141. The van der Waals surface area contributed by atoms with Crippen molar-refractivity contribution in [3.8, 4) is 5.75 Å². The van der Waals surface area contributed by atoms with Crippen molar-refractivity contribution in [2.45, 2.75) is 25.7 Å². The quantitative estimate of drug-likeness (QED) is 0.779. The molecule has 1 aromatic rings. The number of ether oxygens (including phenoxy) is 2. The van der Waals surface area contributed by atoms with Gasteiger partial charge in [0, 0.05) is 11.6 Å². The standard InChI is InChI=1S/C18H24N2O4/c1-23-16(21)6-11-24-14-4-2-13(3-5-14)20-17(22)15-12-18(15)7-9-19-10-8-18/h2-5,15,19H,6-12H2,1H3,(H,20,22). The van der Waals surface area contributed by atoms with Gasteiger partial charge in [-0.05, 0) is 62.0 Å². The summed E-state index contributed by atoms with van der Waals surface area (Å²) < 4.78 is 10.0. The van der Waals surface area contributed by atoms with Crippen LogP contribution in [0.25, 0.3) is 0 Å². The zero-order valence-corrected chi connectivity index (χ0v) is 14.0. The Labute approximate surface area is 141 Å². The van der Waals surface area contributed by atoms with Crippen molar-refractivity contribution in [2.75, 3.05) is 32.1 Å². The van der Waals surface area contributed by atoms with E-state index in [0.717, 1.165) is 38.0 Å². The summed E-state index contributed by atoms with van der Waals surface area (Å²) in [5.41, 5.74) is 1.02. The first kappa shape index (κ1) is 16.8. The number of carbonyl (C=O) groups is 2. The van der Waals surface area contributed by atoms with Gasteiger partial charge in [0.2, 0.25) is 5.91 Å². The zero-order chi connectivity index (χ0) is 17.0. The number of hydrogen-bond acceptors (Lipinski definition) is 5. The smallest absolute Gasteiger partial charge is 0.308 e. The van der Waals surface area contributed by atoms with Crippen LogP contribution in [0.2, 0.25) is 0 Å². The van der Waals surface area contributed by atoms with Crippen molar-refractivity contribution < 1.29 is 19.1 Å². The van der Waals surface area contributed by atoms with E-state index < -0.39 is 0 Å². The molecule has 1 saturated heterocycles. The molecule has 0 aromatic heterocycles. The van der Waals surface area contributed by atoms with Crippen LogP contribution in [0.1, 0.15) is 25.7 Å². The summed E-state index contributed by atoms with van der Waals surface area (Å²) in [4.78, 5) is 23.4. The highest BCUT2D eigenvalue weighted by atomic mass is 16.5. The van der Waals surface area contributed by atoms with Crippen LogP contribution in [0.5, 0.6) is 5.75 Å². The molecule has 1 saturated carbocycles. The highest BCUT2D eigenvalue weighted by Crippen LogP contribution is 2.58. The molecule has 6 nitrogen and oxygen atoms in total. The van der Waals surface area contributed by atoms with Crippen LogP contribution in [-0.4, -0.2) is 38.7 Å². The van der Waals surface area contributed by atoms with Crippen LogP contribution < -0.4 is 15.4 Å². The molecule has 2 aliphatic rings. The van der Waals surface area contributed by atoms with E-state index in [4.69, 9.17) is 4.74 Å². The Kier molecular flexibility index (Phi) is 5.04. The van der Waals surface area contributed by atoms with Crippen molar-refractivity contribution in [1.82, 2.24) is 5.32 Å². The minimum atomic E-state index is -0.296. The first-order valence-electron chi connectivity index (χ1n) is 8.44. The Morgan fingerprint density at radius 3 is 2.62 bits per heavy atom. The Morgan fingerprint density at radius 2 is 1.96 bits per heavy atom. The Morgan fingerprint density at radius 1 is 1.25 bits per heavy atom. The van der Waals surface area contributed by atoms with Gasteiger partial charge in [-0.2, -0.15) is 0 Å². The summed E-state index contributed by atoms with van der Waals surface area (Å²) in [7, 11) is 1.35. The van der Waals surface area contributed by atoms with Gasteiger partial charge in [-0.3, -0.25) is 9.59 Å². The number of amides is 1. The maximum Gasteiger partial charge on any atom is 0.308 e. The van der Waals surface area contributed by atoms with E-state index in [-0.39, 0.29) is 36.2 Å². The van der Waals surface area contributed by atoms with E-state index in [2.05, 4.69) is 15.4 Å². The van der Waals surface area contributed by atoms with Gasteiger partial charge in [-0.15, -0.1) is 0 Å². The molecule has 1 aliphatic carbocycles. The third kappa shape index (κ3) is 3.87. The van der Waals surface area contributed by atoms with Gasteiger partial charge in [0.05, 0.1) is 20.1 Å². The van der Waals surface area contributed by atoms with Crippen LogP contribution in [-0.2, 0) is 14.3 Å². The number of hydrogen-bond donors (Lipinski definition) is 2. The molecule has 0 bridgehead atoms. The topological polar surface area (TPSA) is 76.7 Å². The van der Waals surface area contributed by atoms with E-state index in [9.17, 15) is 9.59 Å². The van der Waals surface area contributed by atoms with Crippen LogP contribution in [0.4, 0.5) is 5.69 Å². The third-order valence-electron chi connectivity index (χ3n) is 5.03. The molecule has 0 radical (unpaired) electrons. The SMILES string of the molecule is COC(=O)CCOc1ccc(NC(=O)C2CC23CCNCC3)cc1. The molecule has 1 heterocycles. The van der Waals surface area contributed by atoms with Crippen LogP contribution >= 0.6 is 0 Å². The Balaban J connectivity index is 1.46. The molecule has 1 aliphatic heterocycles. The van der Waals surface area contributed by atoms with Crippen molar-refractivity contribution in [3.63, 3.8) is 0 Å². The highest BCUT2D eigenvalue weighted by Gasteiger charge is 2.57.